The minimum atomic E-state index is -1.52. The van der Waals surface area contributed by atoms with Crippen LogP contribution in [-0.4, -0.2) is 68.4 Å². The van der Waals surface area contributed by atoms with Crippen LogP contribution in [0.2, 0.25) is 0 Å². The summed E-state index contributed by atoms with van der Waals surface area (Å²) in [5.41, 5.74) is -0.795. The van der Waals surface area contributed by atoms with Crippen LogP contribution in [0, 0.1) is 5.41 Å². The molecule has 1 atom stereocenters. The summed E-state index contributed by atoms with van der Waals surface area (Å²) >= 11 is 0. The fourth-order valence-electron chi connectivity index (χ4n) is 4.16. The molecule has 2 heterocycles. The van der Waals surface area contributed by atoms with Gasteiger partial charge in [0.1, 0.15) is 0 Å². The fourth-order valence-corrected chi connectivity index (χ4v) is 4.16. The van der Waals surface area contributed by atoms with Crippen molar-refractivity contribution in [3.8, 4) is 11.5 Å². The Balaban J connectivity index is 2.08. The number of hydrazine groups is 1. The number of fused-ring (bicyclic) bond motifs is 1. The molecule has 0 bridgehead atoms. The van der Waals surface area contributed by atoms with E-state index in [1.54, 1.807) is 36.0 Å². The number of hydrogen-bond donors (Lipinski definition) is 0. The zero-order valence-corrected chi connectivity index (χ0v) is 17.8. The van der Waals surface area contributed by atoms with E-state index in [0.717, 1.165) is 5.56 Å². The van der Waals surface area contributed by atoms with E-state index < -0.39 is 23.4 Å². The van der Waals surface area contributed by atoms with Crippen molar-refractivity contribution in [2.75, 3.05) is 40.5 Å². The van der Waals surface area contributed by atoms with E-state index in [1.165, 1.54) is 14.2 Å². The molecular formula is C21H28N2O7. The Morgan fingerprint density at radius 2 is 1.70 bits per heavy atom. The Kier molecular flexibility index (Phi) is 6.50. The number of rotatable bonds is 7. The van der Waals surface area contributed by atoms with Crippen molar-refractivity contribution in [2.24, 2.45) is 5.41 Å². The van der Waals surface area contributed by atoms with Crippen molar-refractivity contribution >= 4 is 17.8 Å². The summed E-state index contributed by atoms with van der Waals surface area (Å²) in [6.45, 7) is 4.13. The Labute approximate surface area is 175 Å². The Hall–Kier alpha value is -2.81. The summed E-state index contributed by atoms with van der Waals surface area (Å²) in [6.07, 6.45) is 0.369. The Morgan fingerprint density at radius 1 is 1.07 bits per heavy atom. The van der Waals surface area contributed by atoms with Gasteiger partial charge < -0.3 is 18.9 Å². The van der Waals surface area contributed by atoms with E-state index in [9.17, 15) is 14.4 Å². The lowest BCUT2D eigenvalue weighted by Gasteiger charge is -2.47. The van der Waals surface area contributed by atoms with Gasteiger partial charge in [-0.1, -0.05) is 6.07 Å². The summed E-state index contributed by atoms with van der Waals surface area (Å²) in [5.74, 6) is -0.280. The third-order valence-corrected chi connectivity index (χ3v) is 5.56. The molecule has 1 aromatic carbocycles. The lowest BCUT2D eigenvalue weighted by Crippen LogP contribution is -2.60. The highest BCUT2D eigenvalue weighted by Crippen LogP contribution is 2.46. The van der Waals surface area contributed by atoms with Gasteiger partial charge in [0, 0.05) is 25.9 Å². The van der Waals surface area contributed by atoms with Gasteiger partial charge in [-0.05, 0) is 31.5 Å². The lowest BCUT2D eigenvalue weighted by molar-refractivity contribution is -0.192. The van der Waals surface area contributed by atoms with E-state index in [0.29, 0.717) is 24.5 Å². The molecule has 9 heteroatoms. The fraction of sp³-hybridized carbons (Fsp3) is 0.571. The molecule has 0 radical (unpaired) electrons. The van der Waals surface area contributed by atoms with Gasteiger partial charge >= 0.3 is 11.9 Å². The van der Waals surface area contributed by atoms with Gasteiger partial charge in [-0.3, -0.25) is 19.4 Å². The van der Waals surface area contributed by atoms with Crippen molar-refractivity contribution in [1.82, 2.24) is 10.0 Å². The second kappa shape index (κ2) is 8.91. The lowest BCUT2D eigenvalue weighted by atomic mass is 9.77. The van der Waals surface area contributed by atoms with E-state index in [2.05, 4.69) is 0 Å². The highest BCUT2D eigenvalue weighted by Gasteiger charge is 2.58. The zero-order valence-electron chi connectivity index (χ0n) is 17.8. The molecule has 0 spiro atoms. The van der Waals surface area contributed by atoms with Gasteiger partial charge in [0.15, 0.2) is 16.9 Å². The Bertz CT molecular complexity index is 808. The molecule has 2 fully saturated rings. The number of ether oxygens (including phenoxy) is 4. The summed E-state index contributed by atoms with van der Waals surface area (Å²) in [5, 5.41) is 3.39. The first-order valence-electron chi connectivity index (χ1n) is 10.0. The van der Waals surface area contributed by atoms with Crippen molar-refractivity contribution < 1.29 is 33.3 Å². The zero-order chi connectivity index (χ0) is 21.9. The molecule has 0 aliphatic carbocycles. The molecule has 0 saturated carbocycles. The number of hydrogen-bond acceptors (Lipinski definition) is 8. The first kappa shape index (κ1) is 21.9. The minimum Gasteiger partial charge on any atom is -0.493 e. The second-order valence-electron chi connectivity index (χ2n) is 7.23. The van der Waals surface area contributed by atoms with Crippen molar-refractivity contribution in [1.29, 1.82) is 0 Å². The van der Waals surface area contributed by atoms with Crippen LogP contribution in [-0.2, 0) is 23.9 Å². The molecule has 2 aliphatic heterocycles. The average molecular weight is 420 g/mol. The quantitative estimate of drug-likeness (QED) is 0.486. The van der Waals surface area contributed by atoms with Gasteiger partial charge in [-0.2, -0.15) is 0 Å². The highest BCUT2D eigenvalue weighted by molar-refractivity contribution is 6.01. The molecule has 30 heavy (non-hydrogen) atoms. The van der Waals surface area contributed by atoms with Crippen molar-refractivity contribution in [2.45, 2.75) is 32.7 Å². The van der Waals surface area contributed by atoms with E-state index in [-0.39, 0.29) is 32.1 Å². The van der Waals surface area contributed by atoms with Crippen LogP contribution in [0.25, 0.3) is 0 Å². The SMILES string of the molecule is CCOC(=O)C1(C(=O)OCC)CC(c2ccc(OC)c(OC)c2)N2C(=O)CCN2C1. The molecular weight excluding hydrogens is 392 g/mol. The monoisotopic (exact) mass is 420 g/mol. The molecule has 0 N–H and O–H groups in total. The second-order valence-corrected chi connectivity index (χ2v) is 7.23. The molecule has 1 aromatic rings. The van der Waals surface area contributed by atoms with Crippen LogP contribution in [0.4, 0.5) is 0 Å². The van der Waals surface area contributed by atoms with Gasteiger partial charge in [-0.25, -0.2) is 5.01 Å². The molecule has 1 unspecified atom stereocenters. The topological polar surface area (TPSA) is 94.6 Å². The number of carbonyl (C=O) groups is 3. The third kappa shape index (κ3) is 3.69. The summed E-state index contributed by atoms with van der Waals surface area (Å²) < 4.78 is 21.3. The predicted octanol–water partition coefficient (Wildman–Crippen LogP) is 1.71. The smallest absolute Gasteiger partial charge is 0.324 e. The molecule has 0 aromatic heterocycles. The summed E-state index contributed by atoms with van der Waals surface area (Å²) in [4.78, 5) is 38.7. The number of benzene rings is 1. The molecule has 9 nitrogen and oxygen atoms in total. The van der Waals surface area contributed by atoms with E-state index in [4.69, 9.17) is 18.9 Å². The number of nitrogens with zero attached hydrogens (tertiary/aromatic N) is 2. The van der Waals surface area contributed by atoms with E-state index in [1.807, 2.05) is 6.07 Å². The first-order valence-corrected chi connectivity index (χ1v) is 10.0. The largest absolute Gasteiger partial charge is 0.493 e. The molecule has 164 valence electrons. The molecule has 3 rings (SSSR count). The van der Waals surface area contributed by atoms with Crippen molar-refractivity contribution in [3.05, 3.63) is 23.8 Å². The maximum absolute atomic E-state index is 13.0. The van der Waals surface area contributed by atoms with Gasteiger partial charge in [0.2, 0.25) is 5.91 Å². The number of carbonyl (C=O) groups excluding carboxylic acids is 3. The molecule has 1 amide bonds. The van der Waals surface area contributed by atoms with Crippen LogP contribution in [0.1, 0.15) is 38.3 Å². The number of esters is 2. The average Bonchev–Trinajstić information content (AvgIpc) is 3.13. The first-order chi connectivity index (χ1) is 14.4. The van der Waals surface area contributed by atoms with Crippen LogP contribution in [0.3, 0.4) is 0 Å². The maximum Gasteiger partial charge on any atom is 0.324 e. The standard InChI is InChI=1S/C21H28N2O7/c1-5-29-19(25)21(20(26)30-6-2)12-15(23-18(24)9-10-22(23)13-21)14-7-8-16(27-3)17(11-14)28-4/h7-8,11,15H,5-6,9-10,12-13H2,1-4H3. The van der Waals surface area contributed by atoms with Crippen LogP contribution in [0.15, 0.2) is 18.2 Å². The number of amides is 1. The molecule has 2 aliphatic rings. The normalized spacial score (nSPS) is 20.5. The summed E-state index contributed by atoms with van der Waals surface area (Å²) in [7, 11) is 3.06. The summed E-state index contributed by atoms with van der Waals surface area (Å²) in [6, 6.07) is 4.76. The van der Waals surface area contributed by atoms with E-state index >= 15 is 0 Å². The minimum absolute atomic E-state index is 0.0419. The Morgan fingerprint density at radius 3 is 2.27 bits per heavy atom. The van der Waals surface area contributed by atoms with Gasteiger partial charge in [0.05, 0.1) is 33.5 Å². The van der Waals surface area contributed by atoms with Crippen LogP contribution >= 0.6 is 0 Å². The third-order valence-electron chi connectivity index (χ3n) is 5.56. The van der Waals surface area contributed by atoms with Crippen LogP contribution < -0.4 is 9.47 Å². The maximum atomic E-state index is 13.0. The van der Waals surface area contributed by atoms with Crippen LogP contribution in [0.5, 0.6) is 11.5 Å². The van der Waals surface area contributed by atoms with Crippen molar-refractivity contribution in [3.63, 3.8) is 0 Å². The van der Waals surface area contributed by atoms with Gasteiger partial charge in [-0.15, -0.1) is 0 Å². The van der Waals surface area contributed by atoms with Gasteiger partial charge in [0.25, 0.3) is 0 Å². The highest BCUT2D eigenvalue weighted by atomic mass is 16.6. The number of methoxy groups -OCH3 is 2. The molecule has 2 saturated heterocycles. The predicted molar refractivity (Wildman–Crippen MR) is 106 cm³/mol.